The van der Waals surface area contributed by atoms with Gasteiger partial charge in [0.2, 0.25) is 0 Å². The Labute approximate surface area is 152 Å². The van der Waals surface area contributed by atoms with E-state index in [1.165, 1.54) is 21.9 Å². The van der Waals surface area contributed by atoms with Gasteiger partial charge < -0.3 is 10.3 Å². The number of hydrogen-bond donors (Lipinski definition) is 2. The van der Waals surface area contributed by atoms with E-state index in [4.69, 9.17) is 0 Å². The first-order chi connectivity index (χ1) is 12.9. The smallest absolute Gasteiger partial charge is 0.0710 e. The maximum atomic E-state index is 3.64. The molecule has 0 amide bonds. The minimum absolute atomic E-state index is 1.08. The molecule has 5 aromatic rings. The monoisotopic (exact) mass is 334 g/mol. The predicted molar refractivity (Wildman–Crippen MR) is 111 cm³/mol. The normalized spacial score (nSPS) is 11.1. The molecule has 0 spiro atoms. The van der Waals surface area contributed by atoms with E-state index in [1.54, 1.807) is 0 Å². The van der Waals surface area contributed by atoms with Crippen molar-refractivity contribution in [3.63, 3.8) is 0 Å². The predicted octanol–water partition coefficient (Wildman–Crippen LogP) is 6.73. The summed E-state index contributed by atoms with van der Waals surface area (Å²) < 4.78 is 0. The molecule has 1 heterocycles. The molecule has 2 N–H and O–H groups in total. The van der Waals surface area contributed by atoms with Gasteiger partial charge in [-0.2, -0.15) is 0 Å². The summed E-state index contributed by atoms with van der Waals surface area (Å²) in [4.78, 5) is 3.61. The summed E-state index contributed by atoms with van der Waals surface area (Å²) in [6.45, 7) is 0. The Morgan fingerprint density at radius 2 is 1.27 bits per heavy atom. The summed E-state index contributed by atoms with van der Waals surface area (Å²) in [5, 5.41) is 6.13. The van der Waals surface area contributed by atoms with Crippen molar-refractivity contribution in [2.24, 2.45) is 0 Å². The maximum absolute atomic E-state index is 3.64. The molecule has 0 saturated heterocycles. The number of H-pyrrole nitrogens is 1. The van der Waals surface area contributed by atoms with E-state index in [-0.39, 0.29) is 0 Å². The Bertz CT molecular complexity index is 1190. The van der Waals surface area contributed by atoms with Crippen molar-refractivity contribution >= 4 is 33.2 Å². The van der Waals surface area contributed by atoms with E-state index >= 15 is 0 Å². The average molecular weight is 334 g/mol. The van der Waals surface area contributed by atoms with Crippen LogP contribution in [-0.2, 0) is 0 Å². The molecule has 2 heteroatoms. The Hall–Kier alpha value is -3.52. The molecule has 0 aliphatic carbocycles. The SMILES string of the molecule is c1ccc(Nc2c(-c3ccccc3)ccc3c2[nH]c2ccccc23)cc1. The standard InChI is InChI=1S/C24H18N2/c1-3-9-17(10-4-1)19-15-16-21-20-13-7-8-14-22(20)26-24(21)23(19)25-18-11-5-2-6-12-18/h1-16,25-26H. The highest BCUT2D eigenvalue weighted by Gasteiger charge is 2.13. The first-order valence-electron chi connectivity index (χ1n) is 8.81. The van der Waals surface area contributed by atoms with Gasteiger partial charge in [-0.3, -0.25) is 0 Å². The number of fused-ring (bicyclic) bond motifs is 3. The third kappa shape index (κ3) is 2.44. The molecule has 0 atom stereocenters. The van der Waals surface area contributed by atoms with E-state index in [2.05, 4.69) is 101 Å². The number of anilines is 2. The van der Waals surface area contributed by atoms with Gasteiger partial charge in [0.25, 0.3) is 0 Å². The van der Waals surface area contributed by atoms with Crippen molar-refractivity contribution in [1.82, 2.24) is 4.98 Å². The van der Waals surface area contributed by atoms with Crippen molar-refractivity contribution in [3.8, 4) is 11.1 Å². The van der Waals surface area contributed by atoms with Crippen LogP contribution in [0, 0.1) is 0 Å². The molecule has 0 fully saturated rings. The Kier molecular flexibility index (Phi) is 3.46. The fraction of sp³-hybridized carbons (Fsp3) is 0. The number of hydrogen-bond acceptors (Lipinski definition) is 1. The molecule has 5 rings (SSSR count). The van der Waals surface area contributed by atoms with Crippen LogP contribution in [0.1, 0.15) is 0 Å². The Balaban J connectivity index is 1.81. The molecular weight excluding hydrogens is 316 g/mol. The summed E-state index contributed by atoms with van der Waals surface area (Å²) >= 11 is 0. The van der Waals surface area contributed by atoms with Crippen LogP contribution in [0.2, 0.25) is 0 Å². The molecule has 0 aliphatic rings. The zero-order chi connectivity index (χ0) is 17.3. The third-order valence-corrected chi connectivity index (χ3v) is 4.81. The number of benzene rings is 4. The molecule has 2 nitrogen and oxygen atoms in total. The van der Waals surface area contributed by atoms with Crippen molar-refractivity contribution in [3.05, 3.63) is 97.1 Å². The van der Waals surface area contributed by atoms with Crippen LogP contribution in [0.5, 0.6) is 0 Å². The van der Waals surface area contributed by atoms with Crippen LogP contribution in [0.3, 0.4) is 0 Å². The summed E-state index contributed by atoms with van der Waals surface area (Å²) in [5.74, 6) is 0. The minimum Gasteiger partial charge on any atom is -0.353 e. The fourth-order valence-electron chi connectivity index (χ4n) is 3.57. The summed E-state index contributed by atoms with van der Waals surface area (Å²) in [6.07, 6.45) is 0. The number of aromatic amines is 1. The summed E-state index contributed by atoms with van der Waals surface area (Å²) in [5.41, 5.74) is 6.87. The van der Waals surface area contributed by atoms with Gasteiger partial charge in [-0.15, -0.1) is 0 Å². The van der Waals surface area contributed by atoms with Gasteiger partial charge in [0.05, 0.1) is 11.2 Å². The molecule has 124 valence electrons. The van der Waals surface area contributed by atoms with Crippen LogP contribution in [0.25, 0.3) is 32.9 Å². The highest BCUT2D eigenvalue weighted by molar-refractivity contribution is 6.14. The van der Waals surface area contributed by atoms with Gasteiger partial charge in [-0.1, -0.05) is 78.9 Å². The molecule has 0 unspecified atom stereocenters. The van der Waals surface area contributed by atoms with Crippen molar-refractivity contribution in [1.29, 1.82) is 0 Å². The van der Waals surface area contributed by atoms with Crippen LogP contribution in [0.4, 0.5) is 11.4 Å². The van der Waals surface area contributed by atoms with E-state index in [1.807, 2.05) is 6.07 Å². The zero-order valence-corrected chi connectivity index (χ0v) is 14.2. The fourth-order valence-corrected chi connectivity index (χ4v) is 3.57. The first-order valence-corrected chi connectivity index (χ1v) is 8.81. The second kappa shape index (κ2) is 6.08. The number of nitrogens with one attached hydrogen (secondary N) is 2. The number of aromatic nitrogens is 1. The van der Waals surface area contributed by atoms with Crippen LogP contribution < -0.4 is 5.32 Å². The quantitative estimate of drug-likeness (QED) is 0.376. The lowest BCUT2D eigenvalue weighted by atomic mass is 10.0. The molecule has 0 aliphatic heterocycles. The molecule has 26 heavy (non-hydrogen) atoms. The molecule has 0 bridgehead atoms. The van der Waals surface area contributed by atoms with E-state index in [0.29, 0.717) is 0 Å². The Morgan fingerprint density at radius 1 is 0.577 bits per heavy atom. The third-order valence-electron chi connectivity index (χ3n) is 4.81. The topological polar surface area (TPSA) is 27.8 Å². The molecule has 0 radical (unpaired) electrons. The van der Waals surface area contributed by atoms with E-state index < -0.39 is 0 Å². The molecule has 1 aromatic heterocycles. The highest BCUT2D eigenvalue weighted by atomic mass is 14.9. The lowest BCUT2D eigenvalue weighted by molar-refractivity contribution is 1.50. The molecule has 0 saturated carbocycles. The highest BCUT2D eigenvalue weighted by Crippen LogP contribution is 2.39. The lowest BCUT2D eigenvalue weighted by Gasteiger charge is -2.14. The Morgan fingerprint density at radius 3 is 2.08 bits per heavy atom. The van der Waals surface area contributed by atoms with Crippen LogP contribution in [-0.4, -0.2) is 4.98 Å². The van der Waals surface area contributed by atoms with Crippen molar-refractivity contribution in [2.75, 3.05) is 5.32 Å². The summed E-state index contributed by atoms with van der Waals surface area (Å²) in [6, 6.07) is 33.7. The largest absolute Gasteiger partial charge is 0.353 e. The maximum Gasteiger partial charge on any atom is 0.0710 e. The number of rotatable bonds is 3. The minimum atomic E-state index is 1.08. The lowest BCUT2D eigenvalue weighted by Crippen LogP contribution is -1.94. The average Bonchev–Trinajstić information content (AvgIpc) is 3.09. The van der Waals surface area contributed by atoms with Gasteiger partial charge in [-0.05, 0) is 23.8 Å². The van der Waals surface area contributed by atoms with Crippen molar-refractivity contribution < 1.29 is 0 Å². The van der Waals surface area contributed by atoms with Gasteiger partial charge in [0.1, 0.15) is 0 Å². The summed E-state index contributed by atoms with van der Waals surface area (Å²) in [7, 11) is 0. The van der Waals surface area contributed by atoms with Gasteiger partial charge in [0, 0.05) is 27.5 Å². The van der Waals surface area contributed by atoms with Gasteiger partial charge >= 0.3 is 0 Å². The van der Waals surface area contributed by atoms with Gasteiger partial charge in [-0.25, -0.2) is 0 Å². The van der Waals surface area contributed by atoms with E-state index in [0.717, 1.165) is 22.4 Å². The number of para-hydroxylation sites is 2. The van der Waals surface area contributed by atoms with Crippen molar-refractivity contribution in [2.45, 2.75) is 0 Å². The first kappa shape index (κ1) is 14.8. The zero-order valence-electron chi connectivity index (χ0n) is 14.2. The van der Waals surface area contributed by atoms with Crippen LogP contribution >= 0.6 is 0 Å². The van der Waals surface area contributed by atoms with E-state index in [9.17, 15) is 0 Å². The van der Waals surface area contributed by atoms with Crippen LogP contribution in [0.15, 0.2) is 97.1 Å². The molecule has 4 aromatic carbocycles. The van der Waals surface area contributed by atoms with Gasteiger partial charge in [0.15, 0.2) is 0 Å². The second-order valence-corrected chi connectivity index (χ2v) is 6.44. The molecular formula is C24H18N2. The second-order valence-electron chi connectivity index (χ2n) is 6.44.